The first-order valence-electron chi connectivity index (χ1n) is 2.26. The van der Waals surface area contributed by atoms with Gasteiger partial charge in [-0.2, -0.15) is 4.39 Å². The molecule has 0 spiro atoms. The normalized spacial score (nSPS) is 11.5. The first-order chi connectivity index (χ1) is 3.50. The zero-order valence-electron chi connectivity index (χ0n) is 4.87. The zero-order valence-corrected chi connectivity index (χ0v) is 6.46. The lowest BCUT2D eigenvalue weighted by Gasteiger charge is -2.12. The molecule has 0 radical (unpaired) electrons. The van der Waals surface area contributed by atoms with Gasteiger partial charge in [-0.05, 0) is 13.8 Å². The summed E-state index contributed by atoms with van der Waals surface area (Å²) in [7, 11) is 0. The third-order valence-electron chi connectivity index (χ3n) is 0.866. The summed E-state index contributed by atoms with van der Waals surface area (Å²) in [5.74, 6) is 0. The number of carbonyl (C=O) groups is 1. The second-order valence-corrected chi connectivity index (χ2v) is 2.85. The van der Waals surface area contributed by atoms with Crippen molar-refractivity contribution in [2.24, 2.45) is 5.41 Å². The van der Waals surface area contributed by atoms with E-state index >= 15 is 0 Å². The molecule has 0 fully saturated rings. The van der Waals surface area contributed by atoms with Gasteiger partial charge in [0, 0.05) is 5.33 Å². The summed E-state index contributed by atoms with van der Waals surface area (Å²) in [6.07, 6.45) is 0. The highest BCUT2D eigenvalue weighted by atomic mass is 79.9. The van der Waals surface area contributed by atoms with E-state index < -0.39 is 11.5 Å². The Morgan fingerprint density at radius 1 is 1.75 bits per heavy atom. The van der Waals surface area contributed by atoms with Crippen molar-refractivity contribution in [3.8, 4) is 0 Å². The van der Waals surface area contributed by atoms with Crippen LogP contribution in [-0.4, -0.2) is 11.4 Å². The van der Waals surface area contributed by atoms with Gasteiger partial charge in [0.1, 0.15) is 0 Å². The predicted octanol–water partition coefficient (Wildman–Crippen LogP) is 1.90. The van der Waals surface area contributed by atoms with Gasteiger partial charge in [-0.15, -0.1) is 0 Å². The molecule has 0 aromatic rings. The molecule has 0 saturated carbocycles. The summed E-state index contributed by atoms with van der Waals surface area (Å²) in [6.45, 7) is 3.09. The van der Waals surface area contributed by atoms with E-state index in [1.54, 1.807) is 13.8 Å². The summed E-state index contributed by atoms with van der Waals surface area (Å²) in [5, 5.41) is 0.370. The smallest absolute Gasteiger partial charge is 0.261 e. The van der Waals surface area contributed by atoms with E-state index in [9.17, 15) is 9.18 Å². The molecule has 0 bridgehead atoms. The maximum absolute atomic E-state index is 11.8. The van der Waals surface area contributed by atoms with Gasteiger partial charge in [0.2, 0.25) is 0 Å². The molecule has 0 aromatic carbocycles. The predicted molar refractivity (Wildman–Crippen MR) is 33.7 cm³/mol. The van der Waals surface area contributed by atoms with E-state index in [0.717, 1.165) is 0 Å². The molecule has 0 aromatic heterocycles. The van der Waals surface area contributed by atoms with E-state index in [1.165, 1.54) is 0 Å². The number of halogens is 2. The van der Waals surface area contributed by atoms with Crippen LogP contribution in [0.5, 0.6) is 0 Å². The zero-order chi connectivity index (χ0) is 6.78. The second kappa shape index (κ2) is 2.58. The van der Waals surface area contributed by atoms with Gasteiger partial charge in [-0.3, -0.25) is 4.79 Å². The molecule has 1 nitrogen and oxygen atoms in total. The Morgan fingerprint density at radius 2 is 2.12 bits per heavy atom. The highest BCUT2D eigenvalue weighted by molar-refractivity contribution is 9.09. The standard InChI is InChI=1S/C5H8BrFO/c1-5(2,3-6)4(7)8/h3H2,1-2H3. The molecule has 0 aliphatic carbocycles. The van der Waals surface area contributed by atoms with Gasteiger partial charge < -0.3 is 0 Å². The molecule has 8 heavy (non-hydrogen) atoms. The lowest BCUT2D eigenvalue weighted by molar-refractivity contribution is -0.137. The molecule has 0 unspecified atom stereocenters. The number of hydrogen-bond acceptors (Lipinski definition) is 1. The molecule has 0 saturated heterocycles. The van der Waals surface area contributed by atoms with Crippen molar-refractivity contribution < 1.29 is 9.18 Å². The number of rotatable bonds is 2. The fourth-order valence-corrected chi connectivity index (χ4v) is 0.273. The molecule has 0 atom stereocenters. The summed E-state index contributed by atoms with van der Waals surface area (Å²) in [4.78, 5) is 10.00. The molecule has 0 heterocycles. The Bertz CT molecular complexity index is 101. The van der Waals surface area contributed by atoms with Crippen LogP contribution in [0.4, 0.5) is 4.39 Å². The van der Waals surface area contributed by atoms with Crippen LogP contribution in [-0.2, 0) is 4.79 Å². The maximum atomic E-state index is 11.8. The molecule has 0 aliphatic rings. The van der Waals surface area contributed by atoms with Crippen molar-refractivity contribution in [1.82, 2.24) is 0 Å². The van der Waals surface area contributed by atoms with Crippen molar-refractivity contribution in [2.75, 3.05) is 5.33 Å². The fourth-order valence-electron chi connectivity index (χ4n) is 0.0525. The van der Waals surface area contributed by atoms with Crippen LogP contribution in [0, 0.1) is 5.41 Å². The van der Waals surface area contributed by atoms with Crippen LogP contribution in [0.3, 0.4) is 0 Å². The molecular formula is C5H8BrFO. The fraction of sp³-hybridized carbons (Fsp3) is 0.800. The average Bonchev–Trinajstić information content (AvgIpc) is 1.67. The Balaban J connectivity index is 3.91. The van der Waals surface area contributed by atoms with Crippen LogP contribution in [0.2, 0.25) is 0 Å². The van der Waals surface area contributed by atoms with E-state index in [0.29, 0.717) is 5.33 Å². The number of carbonyl (C=O) groups excluding carboxylic acids is 1. The Labute approximate surface area is 56.4 Å². The van der Waals surface area contributed by atoms with Gasteiger partial charge in [0.15, 0.2) is 0 Å². The number of hydrogen-bond donors (Lipinski definition) is 0. The topological polar surface area (TPSA) is 17.1 Å². The van der Waals surface area contributed by atoms with Gasteiger partial charge in [0.25, 0.3) is 0 Å². The molecule has 0 aliphatic heterocycles. The third kappa shape index (κ3) is 1.90. The minimum atomic E-state index is -1.27. The summed E-state index contributed by atoms with van der Waals surface area (Å²) in [5.41, 5.74) is -0.847. The van der Waals surface area contributed by atoms with E-state index in [-0.39, 0.29) is 0 Å². The summed E-state index contributed by atoms with van der Waals surface area (Å²) in [6, 6.07) is -1.27. The van der Waals surface area contributed by atoms with Gasteiger partial charge in [-0.25, -0.2) is 0 Å². The average molecular weight is 183 g/mol. The SMILES string of the molecule is CC(C)(CBr)C(=O)F. The highest BCUT2D eigenvalue weighted by Crippen LogP contribution is 2.19. The molecule has 3 heteroatoms. The van der Waals surface area contributed by atoms with Gasteiger partial charge in [-0.1, -0.05) is 15.9 Å². The van der Waals surface area contributed by atoms with E-state index in [1.807, 2.05) is 0 Å². The summed E-state index contributed by atoms with van der Waals surface area (Å²) >= 11 is 3.01. The monoisotopic (exact) mass is 182 g/mol. The first kappa shape index (κ1) is 8.08. The van der Waals surface area contributed by atoms with Gasteiger partial charge >= 0.3 is 6.04 Å². The second-order valence-electron chi connectivity index (χ2n) is 2.29. The van der Waals surface area contributed by atoms with Crippen molar-refractivity contribution >= 4 is 22.0 Å². The van der Waals surface area contributed by atoms with Crippen LogP contribution in [0.25, 0.3) is 0 Å². The van der Waals surface area contributed by atoms with Crippen molar-refractivity contribution in [3.63, 3.8) is 0 Å². The van der Waals surface area contributed by atoms with E-state index in [4.69, 9.17) is 0 Å². The summed E-state index contributed by atoms with van der Waals surface area (Å²) < 4.78 is 11.8. The minimum Gasteiger partial charge on any atom is -0.261 e. The number of alkyl halides is 1. The van der Waals surface area contributed by atoms with Crippen LogP contribution < -0.4 is 0 Å². The maximum Gasteiger partial charge on any atom is 0.307 e. The lowest BCUT2D eigenvalue weighted by Crippen LogP contribution is -2.21. The van der Waals surface area contributed by atoms with Crippen LogP contribution in [0.15, 0.2) is 0 Å². The van der Waals surface area contributed by atoms with Crippen molar-refractivity contribution in [1.29, 1.82) is 0 Å². The Kier molecular flexibility index (Phi) is 2.60. The molecule has 0 rings (SSSR count). The molecule has 48 valence electrons. The quantitative estimate of drug-likeness (QED) is 0.472. The molecular weight excluding hydrogens is 175 g/mol. The van der Waals surface area contributed by atoms with Crippen molar-refractivity contribution in [2.45, 2.75) is 13.8 Å². The van der Waals surface area contributed by atoms with Gasteiger partial charge in [0.05, 0.1) is 5.41 Å². The van der Waals surface area contributed by atoms with Crippen LogP contribution >= 0.6 is 15.9 Å². The Hall–Kier alpha value is 0.0800. The highest BCUT2D eigenvalue weighted by Gasteiger charge is 2.25. The lowest BCUT2D eigenvalue weighted by atomic mass is 9.98. The van der Waals surface area contributed by atoms with Crippen molar-refractivity contribution in [3.05, 3.63) is 0 Å². The van der Waals surface area contributed by atoms with E-state index in [2.05, 4.69) is 15.9 Å². The largest absolute Gasteiger partial charge is 0.307 e. The molecule has 0 N–H and O–H groups in total. The Morgan fingerprint density at radius 3 is 2.12 bits per heavy atom. The third-order valence-corrected chi connectivity index (χ3v) is 2.27. The van der Waals surface area contributed by atoms with Crippen LogP contribution in [0.1, 0.15) is 13.8 Å². The molecule has 0 amide bonds. The minimum absolute atomic E-state index is 0.370. The first-order valence-corrected chi connectivity index (χ1v) is 3.39.